The number of carbonyl (C=O) groups excluding carboxylic acids is 1. The quantitative estimate of drug-likeness (QED) is 0.714. The standard InChI is InChI=1S/C21H23N5O3/c1-15-8-9-17(29-20-16(14-27)5-4-10-22-20)13-25(15)21(28)18-6-2-3-7-19(18)26-23-11-12-24-26/h2-7,10-12,15,17,27H,8-9,13-14H2,1H3/t15-,17?/m1/s1. The number of benzene rings is 1. The third-order valence-corrected chi connectivity index (χ3v) is 5.17. The molecule has 1 amide bonds. The summed E-state index contributed by atoms with van der Waals surface area (Å²) in [4.78, 5) is 20.9. The Labute approximate surface area is 168 Å². The molecule has 3 heterocycles. The molecule has 1 saturated heterocycles. The molecule has 29 heavy (non-hydrogen) atoms. The van der Waals surface area contributed by atoms with Crippen molar-refractivity contribution in [3.05, 3.63) is 66.1 Å². The number of hydrogen-bond donors (Lipinski definition) is 1. The maximum atomic E-state index is 13.4. The number of likely N-dealkylation sites (tertiary alicyclic amines) is 1. The van der Waals surface area contributed by atoms with Gasteiger partial charge in [-0.25, -0.2) is 4.98 Å². The van der Waals surface area contributed by atoms with Crippen molar-refractivity contribution in [3.63, 3.8) is 0 Å². The van der Waals surface area contributed by atoms with Crippen LogP contribution in [0.15, 0.2) is 55.0 Å². The van der Waals surface area contributed by atoms with E-state index >= 15 is 0 Å². The summed E-state index contributed by atoms with van der Waals surface area (Å²) in [6.45, 7) is 2.35. The number of aliphatic hydroxyl groups excluding tert-OH is 1. The molecule has 2 atom stereocenters. The van der Waals surface area contributed by atoms with E-state index in [1.165, 1.54) is 4.80 Å². The number of nitrogens with zero attached hydrogens (tertiary/aromatic N) is 5. The molecule has 4 rings (SSSR count). The molecule has 150 valence electrons. The number of para-hydroxylation sites is 1. The lowest BCUT2D eigenvalue weighted by atomic mass is 9.99. The SMILES string of the molecule is C[C@@H]1CCC(Oc2ncccc2CO)CN1C(=O)c1ccccc1-n1nccn1. The van der Waals surface area contributed by atoms with Crippen LogP contribution in [0.25, 0.3) is 5.69 Å². The fourth-order valence-corrected chi connectivity index (χ4v) is 3.59. The first-order chi connectivity index (χ1) is 14.2. The Kier molecular flexibility index (Phi) is 5.53. The van der Waals surface area contributed by atoms with Gasteiger partial charge in [0.15, 0.2) is 0 Å². The minimum atomic E-state index is -0.189. The smallest absolute Gasteiger partial charge is 0.256 e. The Morgan fingerprint density at radius 3 is 2.72 bits per heavy atom. The number of aliphatic hydroxyl groups is 1. The summed E-state index contributed by atoms with van der Waals surface area (Å²) >= 11 is 0. The van der Waals surface area contributed by atoms with E-state index in [1.807, 2.05) is 30.0 Å². The second-order valence-electron chi connectivity index (χ2n) is 7.09. The van der Waals surface area contributed by atoms with Gasteiger partial charge in [0.1, 0.15) is 6.10 Å². The van der Waals surface area contributed by atoms with Gasteiger partial charge in [-0.3, -0.25) is 4.79 Å². The summed E-state index contributed by atoms with van der Waals surface area (Å²) in [6, 6.07) is 10.9. The first kappa shape index (κ1) is 19.1. The average molecular weight is 393 g/mol. The molecule has 3 aromatic rings. The lowest BCUT2D eigenvalue weighted by molar-refractivity contribution is 0.0366. The van der Waals surface area contributed by atoms with Crippen molar-refractivity contribution in [2.75, 3.05) is 6.54 Å². The van der Waals surface area contributed by atoms with Crippen LogP contribution in [-0.4, -0.2) is 54.6 Å². The van der Waals surface area contributed by atoms with Crippen LogP contribution in [0.2, 0.25) is 0 Å². The van der Waals surface area contributed by atoms with Gasteiger partial charge < -0.3 is 14.7 Å². The molecule has 8 heteroatoms. The molecule has 1 aromatic carbocycles. The molecule has 0 saturated carbocycles. The number of pyridine rings is 1. The third-order valence-electron chi connectivity index (χ3n) is 5.17. The Hall–Kier alpha value is -3.26. The highest BCUT2D eigenvalue weighted by Gasteiger charge is 2.32. The highest BCUT2D eigenvalue weighted by atomic mass is 16.5. The summed E-state index contributed by atoms with van der Waals surface area (Å²) in [6.07, 6.45) is 6.25. The number of ether oxygens (including phenoxy) is 1. The zero-order valence-electron chi connectivity index (χ0n) is 16.2. The van der Waals surface area contributed by atoms with Crippen LogP contribution in [0.1, 0.15) is 35.7 Å². The van der Waals surface area contributed by atoms with Crippen LogP contribution in [0.4, 0.5) is 0 Å². The third kappa shape index (κ3) is 3.97. The van der Waals surface area contributed by atoms with E-state index in [4.69, 9.17) is 4.74 Å². The number of piperidine rings is 1. The highest BCUT2D eigenvalue weighted by molar-refractivity contribution is 5.98. The fraction of sp³-hybridized carbons (Fsp3) is 0.333. The lowest BCUT2D eigenvalue weighted by Gasteiger charge is -2.38. The monoisotopic (exact) mass is 393 g/mol. The van der Waals surface area contributed by atoms with Gasteiger partial charge in [-0.2, -0.15) is 15.0 Å². The molecular weight excluding hydrogens is 370 g/mol. The Balaban J connectivity index is 1.56. The second kappa shape index (κ2) is 8.40. The van der Waals surface area contributed by atoms with E-state index in [0.717, 1.165) is 12.8 Å². The van der Waals surface area contributed by atoms with E-state index < -0.39 is 0 Å². The van der Waals surface area contributed by atoms with Crippen molar-refractivity contribution in [2.45, 2.75) is 38.5 Å². The predicted molar refractivity (Wildman–Crippen MR) is 106 cm³/mol. The zero-order chi connectivity index (χ0) is 20.2. The molecule has 0 spiro atoms. The van der Waals surface area contributed by atoms with Gasteiger partial charge in [0, 0.05) is 17.8 Å². The van der Waals surface area contributed by atoms with Crippen molar-refractivity contribution in [2.24, 2.45) is 0 Å². The number of carbonyl (C=O) groups is 1. The fourth-order valence-electron chi connectivity index (χ4n) is 3.59. The molecule has 0 aliphatic carbocycles. The molecule has 1 unspecified atom stereocenters. The van der Waals surface area contributed by atoms with Gasteiger partial charge in [0.25, 0.3) is 5.91 Å². The number of hydrogen-bond acceptors (Lipinski definition) is 6. The van der Waals surface area contributed by atoms with E-state index in [-0.39, 0.29) is 24.7 Å². The van der Waals surface area contributed by atoms with Crippen molar-refractivity contribution in [1.29, 1.82) is 0 Å². The number of amides is 1. The predicted octanol–water partition coefficient (Wildman–Crippen LogP) is 2.23. The molecular formula is C21H23N5O3. The van der Waals surface area contributed by atoms with Gasteiger partial charge in [0.2, 0.25) is 5.88 Å². The highest BCUT2D eigenvalue weighted by Crippen LogP contribution is 2.26. The van der Waals surface area contributed by atoms with Gasteiger partial charge >= 0.3 is 0 Å². The summed E-state index contributed by atoms with van der Waals surface area (Å²) in [5.74, 6) is 0.338. The maximum absolute atomic E-state index is 13.4. The van der Waals surface area contributed by atoms with Gasteiger partial charge in [-0.15, -0.1) is 0 Å². The van der Waals surface area contributed by atoms with Crippen molar-refractivity contribution in [1.82, 2.24) is 24.9 Å². The molecule has 0 radical (unpaired) electrons. The van der Waals surface area contributed by atoms with Crippen molar-refractivity contribution >= 4 is 5.91 Å². The van der Waals surface area contributed by atoms with Crippen molar-refractivity contribution in [3.8, 4) is 11.6 Å². The molecule has 2 aromatic heterocycles. The molecule has 1 aliphatic rings. The average Bonchev–Trinajstić information content (AvgIpc) is 3.30. The van der Waals surface area contributed by atoms with Gasteiger partial charge in [-0.1, -0.05) is 12.1 Å². The van der Waals surface area contributed by atoms with Crippen LogP contribution < -0.4 is 4.74 Å². The minimum absolute atomic E-state index is 0.0814. The number of aromatic nitrogens is 4. The molecule has 8 nitrogen and oxygen atoms in total. The van der Waals surface area contributed by atoms with E-state index in [1.54, 1.807) is 36.8 Å². The summed E-state index contributed by atoms with van der Waals surface area (Å²) < 4.78 is 6.05. The second-order valence-corrected chi connectivity index (χ2v) is 7.09. The van der Waals surface area contributed by atoms with E-state index in [9.17, 15) is 9.90 Å². The van der Waals surface area contributed by atoms with Crippen LogP contribution in [0.3, 0.4) is 0 Å². The lowest BCUT2D eigenvalue weighted by Crippen LogP contribution is -2.49. The van der Waals surface area contributed by atoms with Crippen LogP contribution >= 0.6 is 0 Å². The first-order valence-electron chi connectivity index (χ1n) is 9.65. The maximum Gasteiger partial charge on any atom is 0.256 e. The largest absolute Gasteiger partial charge is 0.472 e. The van der Waals surface area contributed by atoms with Gasteiger partial charge in [0.05, 0.1) is 36.8 Å². The zero-order valence-corrected chi connectivity index (χ0v) is 16.2. The molecule has 0 bridgehead atoms. The molecule has 1 aliphatic heterocycles. The van der Waals surface area contributed by atoms with Crippen LogP contribution in [-0.2, 0) is 6.61 Å². The van der Waals surface area contributed by atoms with E-state index in [0.29, 0.717) is 29.2 Å². The Bertz CT molecular complexity index is 976. The van der Waals surface area contributed by atoms with E-state index in [2.05, 4.69) is 15.2 Å². The summed E-state index contributed by atoms with van der Waals surface area (Å²) in [5.41, 5.74) is 1.83. The normalized spacial score (nSPS) is 19.2. The minimum Gasteiger partial charge on any atom is -0.472 e. The molecule has 1 fully saturated rings. The molecule has 1 N–H and O–H groups in total. The van der Waals surface area contributed by atoms with Crippen LogP contribution in [0.5, 0.6) is 5.88 Å². The topological polar surface area (TPSA) is 93.4 Å². The Morgan fingerprint density at radius 1 is 1.14 bits per heavy atom. The summed E-state index contributed by atoms with van der Waals surface area (Å²) in [5, 5.41) is 17.8. The number of rotatable bonds is 5. The Morgan fingerprint density at radius 2 is 1.93 bits per heavy atom. The van der Waals surface area contributed by atoms with Gasteiger partial charge in [-0.05, 0) is 44.0 Å². The van der Waals surface area contributed by atoms with Crippen molar-refractivity contribution < 1.29 is 14.6 Å². The first-order valence-corrected chi connectivity index (χ1v) is 9.65. The summed E-state index contributed by atoms with van der Waals surface area (Å²) in [7, 11) is 0. The van der Waals surface area contributed by atoms with Crippen LogP contribution in [0, 0.1) is 0 Å².